The Morgan fingerprint density at radius 3 is 2.22 bits per heavy atom. The molecule has 1 aliphatic heterocycles. The second-order valence-corrected chi connectivity index (χ2v) is 3.73. The molecule has 0 amide bonds. The van der Waals surface area contributed by atoms with Gasteiger partial charge in [0.2, 0.25) is 0 Å². The van der Waals surface area contributed by atoms with Gasteiger partial charge in [0.05, 0.1) is 12.6 Å². The van der Waals surface area contributed by atoms with Crippen LogP contribution in [0, 0.1) is 0 Å². The minimum Gasteiger partial charge on any atom is -0.421 e. The van der Waals surface area contributed by atoms with E-state index in [1.54, 1.807) is 0 Å². The first-order chi connectivity index (χ1) is 8.27. The van der Waals surface area contributed by atoms with Crippen molar-refractivity contribution < 1.29 is 32.1 Å². The summed E-state index contributed by atoms with van der Waals surface area (Å²) in [5, 5.41) is 8.81. The van der Waals surface area contributed by atoms with Gasteiger partial charge in [0, 0.05) is 0 Å². The van der Waals surface area contributed by atoms with Crippen LogP contribution < -0.4 is 15.2 Å². The fraction of sp³-hybridized carbons (Fsp3) is 0.400. The van der Waals surface area contributed by atoms with Crippen molar-refractivity contribution in [2.45, 2.75) is 18.3 Å². The van der Waals surface area contributed by atoms with Crippen LogP contribution in [0.2, 0.25) is 0 Å². The van der Waals surface area contributed by atoms with Crippen LogP contribution in [0.4, 0.5) is 17.6 Å². The van der Waals surface area contributed by atoms with E-state index >= 15 is 0 Å². The summed E-state index contributed by atoms with van der Waals surface area (Å²) in [6.45, 7) is -0.424. The number of aliphatic hydroxyl groups is 1. The Bertz CT molecular complexity index is 466. The molecule has 100 valence electrons. The van der Waals surface area contributed by atoms with Crippen LogP contribution in [0.3, 0.4) is 0 Å². The largest absolute Gasteiger partial charge is 0.507 e. The third-order valence-corrected chi connectivity index (χ3v) is 2.41. The standard InChI is InChI=1S/C10H9F4NO3/c11-9(12)10(13,14)18-8-3-5(6(15)4-16)1-2-7(8)17-9/h1-3,6,16H,4,15H2. The second-order valence-electron chi connectivity index (χ2n) is 3.73. The van der Waals surface area contributed by atoms with E-state index in [0.717, 1.165) is 12.1 Å². The molecule has 0 radical (unpaired) electrons. The molecule has 0 saturated carbocycles. The molecule has 2 rings (SSSR count). The average Bonchev–Trinajstić information content (AvgIpc) is 2.28. The van der Waals surface area contributed by atoms with Gasteiger partial charge in [-0.2, -0.15) is 17.6 Å². The lowest BCUT2D eigenvalue weighted by molar-refractivity contribution is -0.391. The Hall–Kier alpha value is -1.54. The Morgan fingerprint density at radius 1 is 1.11 bits per heavy atom. The smallest absolute Gasteiger partial charge is 0.421 e. The molecular weight excluding hydrogens is 258 g/mol. The highest BCUT2D eigenvalue weighted by Gasteiger charge is 2.65. The third-order valence-electron chi connectivity index (χ3n) is 2.41. The maximum Gasteiger partial charge on any atom is 0.507 e. The minimum absolute atomic E-state index is 0.265. The fourth-order valence-corrected chi connectivity index (χ4v) is 1.42. The van der Waals surface area contributed by atoms with E-state index in [4.69, 9.17) is 10.8 Å². The van der Waals surface area contributed by atoms with E-state index in [0.29, 0.717) is 0 Å². The van der Waals surface area contributed by atoms with Crippen LogP contribution in [0.25, 0.3) is 0 Å². The minimum atomic E-state index is -4.76. The number of alkyl halides is 4. The first-order valence-corrected chi connectivity index (χ1v) is 4.91. The van der Waals surface area contributed by atoms with Crippen molar-refractivity contribution in [3.8, 4) is 11.5 Å². The zero-order valence-corrected chi connectivity index (χ0v) is 8.87. The summed E-state index contributed by atoms with van der Waals surface area (Å²) in [5.74, 6) is -1.06. The molecule has 0 fully saturated rings. The molecule has 8 heteroatoms. The maximum absolute atomic E-state index is 12.9. The molecule has 0 bridgehead atoms. The van der Waals surface area contributed by atoms with Crippen molar-refractivity contribution in [1.29, 1.82) is 0 Å². The summed E-state index contributed by atoms with van der Waals surface area (Å²) in [6, 6.07) is 2.51. The molecule has 1 heterocycles. The molecule has 0 aliphatic carbocycles. The summed E-state index contributed by atoms with van der Waals surface area (Å²) in [7, 11) is 0. The van der Waals surface area contributed by atoms with Crippen LogP contribution in [-0.4, -0.2) is 23.9 Å². The summed E-state index contributed by atoms with van der Waals surface area (Å²) in [4.78, 5) is 0. The Labute approximate surface area is 98.9 Å². The summed E-state index contributed by atoms with van der Waals surface area (Å²) in [5.41, 5.74) is 5.73. The molecule has 1 aromatic carbocycles. The van der Waals surface area contributed by atoms with E-state index in [9.17, 15) is 17.6 Å². The lowest BCUT2D eigenvalue weighted by Crippen LogP contribution is -2.52. The Balaban J connectivity index is 2.39. The van der Waals surface area contributed by atoms with Crippen LogP contribution in [0.1, 0.15) is 11.6 Å². The van der Waals surface area contributed by atoms with Gasteiger partial charge in [0.25, 0.3) is 0 Å². The SMILES string of the molecule is NC(CO)c1ccc2c(c1)OC(F)(F)C(F)(F)O2. The van der Waals surface area contributed by atoms with Crippen LogP contribution in [0.5, 0.6) is 11.5 Å². The second kappa shape index (κ2) is 3.99. The fourth-order valence-electron chi connectivity index (χ4n) is 1.42. The highest BCUT2D eigenvalue weighted by molar-refractivity contribution is 5.45. The Kier molecular flexibility index (Phi) is 2.86. The first kappa shape index (κ1) is 12.9. The molecule has 4 nitrogen and oxygen atoms in total. The lowest BCUT2D eigenvalue weighted by Gasteiger charge is -2.32. The number of aliphatic hydroxyl groups excluding tert-OH is 1. The first-order valence-electron chi connectivity index (χ1n) is 4.91. The van der Waals surface area contributed by atoms with Gasteiger partial charge in [0.15, 0.2) is 11.5 Å². The van der Waals surface area contributed by atoms with Gasteiger partial charge in [-0.1, -0.05) is 6.07 Å². The maximum atomic E-state index is 12.9. The average molecular weight is 267 g/mol. The molecule has 1 unspecified atom stereocenters. The van der Waals surface area contributed by atoms with Crippen LogP contribution in [-0.2, 0) is 0 Å². The third kappa shape index (κ3) is 1.97. The van der Waals surface area contributed by atoms with Crippen molar-refractivity contribution in [2.24, 2.45) is 5.73 Å². The molecule has 0 spiro atoms. The summed E-state index contributed by atoms with van der Waals surface area (Å²) >= 11 is 0. The van der Waals surface area contributed by atoms with Gasteiger partial charge in [-0.25, -0.2) is 0 Å². The summed E-state index contributed by atoms with van der Waals surface area (Å²) in [6.07, 6.45) is -9.50. The lowest BCUT2D eigenvalue weighted by atomic mass is 10.1. The quantitative estimate of drug-likeness (QED) is 0.799. The van der Waals surface area contributed by atoms with Crippen molar-refractivity contribution in [3.63, 3.8) is 0 Å². The molecule has 1 atom stereocenters. The van der Waals surface area contributed by atoms with Gasteiger partial charge in [0.1, 0.15) is 0 Å². The highest BCUT2D eigenvalue weighted by atomic mass is 19.3. The topological polar surface area (TPSA) is 64.7 Å². The Morgan fingerprint density at radius 2 is 1.67 bits per heavy atom. The van der Waals surface area contributed by atoms with E-state index < -0.39 is 36.4 Å². The monoisotopic (exact) mass is 267 g/mol. The van der Waals surface area contributed by atoms with Crippen molar-refractivity contribution >= 4 is 0 Å². The highest BCUT2D eigenvalue weighted by Crippen LogP contribution is 2.47. The molecular formula is C10H9F4NO3. The predicted molar refractivity (Wildman–Crippen MR) is 51.6 cm³/mol. The number of benzene rings is 1. The number of nitrogens with two attached hydrogens (primary N) is 1. The number of hydrogen-bond donors (Lipinski definition) is 2. The molecule has 1 aliphatic rings. The van der Waals surface area contributed by atoms with Crippen LogP contribution >= 0.6 is 0 Å². The number of ether oxygens (including phenoxy) is 2. The number of halogens is 4. The van der Waals surface area contributed by atoms with Gasteiger partial charge in [-0.05, 0) is 17.7 Å². The van der Waals surface area contributed by atoms with Crippen LogP contribution in [0.15, 0.2) is 18.2 Å². The molecule has 0 saturated heterocycles. The van der Waals surface area contributed by atoms with Gasteiger partial charge < -0.3 is 20.3 Å². The summed E-state index contributed by atoms with van der Waals surface area (Å²) < 4.78 is 59.3. The molecule has 3 N–H and O–H groups in total. The van der Waals surface area contributed by atoms with E-state index in [-0.39, 0.29) is 5.56 Å². The molecule has 1 aromatic rings. The predicted octanol–water partition coefficient (Wildman–Crippen LogP) is 1.64. The number of rotatable bonds is 2. The van der Waals surface area contributed by atoms with Crippen molar-refractivity contribution in [1.82, 2.24) is 0 Å². The van der Waals surface area contributed by atoms with E-state index in [1.165, 1.54) is 6.07 Å². The number of hydrogen-bond acceptors (Lipinski definition) is 4. The van der Waals surface area contributed by atoms with Crippen molar-refractivity contribution in [2.75, 3.05) is 6.61 Å². The zero-order chi connectivity index (χ0) is 13.6. The van der Waals surface area contributed by atoms with E-state index in [2.05, 4.69) is 9.47 Å². The van der Waals surface area contributed by atoms with Gasteiger partial charge >= 0.3 is 12.2 Å². The van der Waals surface area contributed by atoms with Gasteiger partial charge in [-0.15, -0.1) is 0 Å². The zero-order valence-electron chi connectivity index (χ0n) is 8.87. The number of fused-ring (bicyclic) bond motifs is 1. The molecule has 0 aromatic heterocycles. The normalized spacial score (nSPS) is 21.4. The molecule has 18 heavy (non-hydrogen) atoms. The van der Waals surface area contributed by atoms with Gasteiger partial charge in [-0.3, -0.25) is 0 Å². The van der Waals surface area contributed by atoms with Crippen molar-refractivity contribution in [3.05, 3.63) is 23.8 Å². The van der Waals surface area contributed by atoms with E-state index in [1.807, 2.05) is 0 Å².